The second-order valence-corrected chi connectivity index (χ2v) is 10.2. The molecule has 7 heteroatoms. The summed E-state index contributed by atoms with van der Waals surface area (Å²) in [6.07, 6.45) is 3.65. The van der Waals surface area contributed by atoms with Crippen molar-refractivity contribution in [1.29, 1.82) is 0 Å². The molecule has 1 aliphatic heterocycles. The number of ether oxygens (including phenoxy) is 1. The van der Waals surface area contributed by atoms with E-state index in [4.69, 9.17) is 4.74 Å². The van der Waals surface area contributed by atoms with E-state index in [9.17, 15) is 18.0 Å². The Morgan fingerprint density at radius 3 is 2.28 bits per heavy atom. The van der Waals surface area contributed by atoms with Crippen molar-refractivity contribution in [1.82, 2.24) is 4.31 Å². The second-order valence-electron chi connectivity index (χ2n) is 8.25. The highest BCUT2D eigenvalue weighted by atomic mass is 32.2. The molecule has 3 aromatic rings. The summed E-state index contributed by atoms with van der Waals surface area (Å²) in [5.41, 5.74) is 3.21. The van der Waals surface area contributed by atoms with Gasteiger partial charge >= 0.3 is 5.97 Å². The quantitative estimate of drug-likeness (QED) is 0.423. The molecule has 1 saturated heterocycles. The van der Waals surface area contributed by atoms with Crippen molar-refractivity contribution in [2.45, 2.75) is 30.6 Å². The normalized spacial score (nSPS) is 15.9. The number of rotatable bonds is 6. The molecule has 1 heterocycles. The molecule has 0 spiro atoms. The van der Waals surface area contributed by atoms with Crippen LogP contribution >= 0.6 is 0 Å². The zero-order valence-corrected chi connectivity index (χ0v) is 18.4. The van der Waals surface area contributed by atoms with Gasteiger partial charge in [-0.05, 0) is 77.9 Å². The maximum absolute atomic E-state index is 12.7. The number of hydrogen-bond donors (Lipinski definition) is 0. The highest BCUT2D eigenvalue weighted by Gasteiger charge is 2.27. The molecular weight excluding hydrogens is 426 g/mol. The Morgan fingerprint density at radius 2 is 1.56 bits per heavy atom. The van der Waals surface area contributed by atoms with E-state index in [1.165, 1.54) is 39.7 Å². The Kier molecular flexibility index (Phi) is 5.31. The van der Waals surface area contributed by atoms with Crippen LogP contribution in [0.5, 0.6) is 0 Å². The van der Waals surface area contributed by atoms with E-state index >= 15 is 0 Å². The monoisotopic (exact) mass is 449 g/mol. The van der Waals surface area contributed by atoms with Gasteiger partial charge in [-0.25, -0.2) is 13.2 Å². The molecule has 0 aromatic heterocycles. The van der Waals surface area contributed by atoms with Crippen molar-refractivity contribution in [2.75, 3.05) is 19.7 Å². The zero-order chi connectivity index (χ0) is 22.3. The van der Waals surface area contributed by atoms with Gasteiger partial charge in [0.1, 0.15) is 0 Å². The molecule has 1 aliphatic carbocycles. The molecule has 164 valence electrons. The van der Waals surface area contributed by atoms with Crippen molar-refractivity contribution in [2.24, 2.45) is 0 Å². The molecule has 6 nitrogen and oxygen atoms in total. The molecular formula is C25H23NO5S. The fourth-order valence-electron chi connectivity index (χ4n) is 4.61. The Labute approximate surface area is 186 Å². The SMILES string of the molecule is O=C(COC(=O)c1ccc2c3c(cccc13)CC2)c1ccc(S(=O)(=O)N2CCCC2)cc1. The van der Waals surface area contributed by atoms with Gasteiger partial charge in [-0.15, -0.1) is 0 Å². The lowest BCUT2D eigenvalue weighted by Crippen LogP contribution is -2.27. The summed E-state index contributed by atoms with van der Waals surface area (Å²) in [6, 6.07) is 15.4. The van der Waals surface area contributed by atoms with Gasteiger partial charge in [0.2, 0.25) is 10.0 Å². The van der Waals surface area contributed by atoms with E-state index < -0.39 is 22.6 Å². The van der Waals surface area contributed by atoms with Crippen LogP contribution < -0.4 is 0 Å². The number of aryl methyl sites for hydroxylation is 2. The van der Waals surface area contributed by atoms with E-state index in [-0.39, 0.29) is 10.7 Å². The van der Waals surface area contributed by atoms with Gasteiger partial charge in [0.05, 0.1) is 10.5 Å². The van der Waals surface area contributed by atoms with Crippen LogP contribution in [0.3, 0.4) is 0 Å². The first-order chi connectivity index (χ1) is 15.4. The van der Waals surface area contributed by atoms with Crippen molar-refractivity contribution >= 4 is 32.5 Å². The topological polar surface area (TPSA) is 80.8 Å². The fourth-order valence-corrected chi connectivity index (χ4v) is 6.12. The summed E-state index contributed by atoms with van der Waals surface area (Å²) in [4.78, 5) is 25.4. The van der Waals surface area contributed by atoms with Crippen LogP contribution in [-0.4, -0.2) is 44.2 Å². The molecule has 0 saturated carbocycles. The van der Waals surface area contributed by atoms with Gasteiger partial charge in [-0.3, -0.25) is 4.79 Å². The number of sulfonamides is 1. The average molecular weight is 450 g/mol. The van der Waals surface area contributed by atoms with Crippen LogP contribution in [0.1, 0.15) is 44.7 Å². The third kappa shape index (κ3) is 3.61. The van der Waals surface area contributed by atoms with Gasteiger partial charge in [0.25, 0.3) is 0 Å². The van der Waals surface area contributed by atoms with Gasteiger partial charge in [0, 0.05) is 18.7 Å². The number of carbonyl (C=O) groups is 2. The number of esters is 1. The average Bonchev–Trinajstić information content (AvgIpc) is 3.50. The van der Waals surface area contributed by atoms with Gasteiger partial charge in [0.15, 0.2) is 12.4 Å². The predicted molar refractivity (Wildman–Crippen MR) is 120 cm³/mol. The zero-order valence-electron chi connectivity index (χ0n) is 17.5. The summed E-state index contributed by atoms with van der Waals surface area (Å²) >= 11 is 0. The molecule has 2 aliphatic rings. The van der Waals surface area contributed by atoms with Crippen LogP contribution in [0.2, 0.25) is 0 Å². The van der Waals surface area contributed by atoms with Crippen molar-refractivity contribution in [3.05, 3.63) is 76.9 Å². The van der Waals surface area contributed by atoms with Crippen molar-refractivity contribution in [3.8, 4) is 0 Å². The molecule has 0 N–H and O–H groups in total. The van der Waals surface area contributed by atoms with Crippen LogP contribution in [0.4, 0.5) is 0 Å². The number of Topliss-reactive ketones (excluding diaryl/α,β-unsaturated/α-hetero) is 1. The number of hydrogen-bond acceptors (Lipinski definition) is 5. The predicted octanol–water partition coefficient (Wildman–Crippen LogP) is 3.76. The molecule has 1 fully saturated rings. The summed E-state index contributed by atoms with van der Waals surface area (Å²) in [5, 5.41) is 1.97. The van der Waals surface area contributed by atoms with E-state index in [0.29, 0.717) is 24.2 Å². The standard InChI is InChI=1S/C25H23NO5S/c27-23(17-8-11-20(12-9-17)32(29,30)26-14-1-2-15-26)16-31-25(28)22-13-10-19-7-6-18-4-3-5-21(22)24(18)19/h3-5,8-13H,1-2,6-7,14-16H2. The van der Waals surface area contributed by atoms with Crippen molar-refractivity contribution in [3.63, 3.8) is 0 Å². The molecule has 0 amide bonds. The molecule has 0 atom stereocenters. The Bertz CT molecular complexity index is 1310. The van der Waals surface area contributed by atoms with Crippen LogP contribution in [0.25, 0.3) is 10.8 Å². The Hall–Kier alpha value is -3.03. The van der Waals surface area contributed by atoms with E-state index in [0.717, 1.165) is 36.5 Å². The maximum Gasteiger partial charge on any atom is 0.339 e. The van der Waals surface area contributed by atoms with Gasteiger partial charge < -0.3 is 4.74 Å². The van der Waals surface area contributed by atoms with E-state index in [1.54, 1.807) is 6.07 Å². The Morgan fingerprint density at radius 1 is 0.875 bits per heavy atom. The fraction of sp³-hybridized carbons (Fsp3) is 0.280. The molecule has 3 aromatic carbocycles. The minimum absolute atomic E-state index is 0.167. The third-order valence-corrected chi connectivity index (χ3v) is 8.22. The minimum atomic E-state index is -3.53. The number of carbonyl (C=O) groups excluding carboxylic acids is 2. The molecule has 0 radical (unpaired) electrons. The third-order valence-electron chi connectivity index (χ3n) is 6.31. The second kappa shape index (κ2) is 8.15. The van der Waals surface area contributed by atoms with E-state index in [2.05, 4.69) is 6.07 Å². The first-order valence-corrected chi connectivity index (χ1v) is 12.2. The van der Waals surface area contributed by atoms with Crippen LogP contribution in [-0.2, 0) is 27.6 Å². The molecule has 0 unspecified atom stereocenters. The maximum atomic E-state index is 12.7. The molecule has 32 heavy (non-hydrogen) atoms. The lowest BCUT2D eigenvalue weighted by atomic mass is 10.00. The first kappa shape index (κ1) is 20.8. The molecule has 0 bridgehead atoms. The number of nitrogens with zero attached hydrogens (tertiary/aromatic N) is 1. The van der Waals surface area contributed by atoms with Crippen molar-refractivity contribution < 1.29 is 22.7 Å². The van der Waals surface area contributed by atoms with Crippen LogP contribution in [0, 0.1) is 0 Å². The Balaban J connectivity index is 1.28. The lowest BCUT2D eigenvalue weighted by molar-refractivity contribution is 0.0476. The summed E-state index contributed by atoms with van der Waals surface area (Å²) < 4.78 is 32.0. The highest BCUT2D eigenvalue weighted by Crippen LogP contribution is 2.33. The minimum Gasteiger partial charge on any atom is -0.454 e. The largest absolute Gasteiger partial charge is 0.454 e. The summed E-state index contributed by atoms with van der Waals surface area (Å²) in [5.74, 6) is -0.920. The highest BCUT2D eigenvalue weighted by molar-refractivity contribution is 7.89. The number of benzene rings is 3. The lowest BCUT2D eigenvalue weighted by Gasteiger charge is -2.15. The van der Waals surface area contributed by atoms with E-state index in [1.807, 2.05) is 18.2 Å². The number of ketones is 1. The first-order valence-electron chi connectivity index (χ1n) is 10.8. The summed E-state index contributed by atoms with van der Waals surface area (Å²) in [6.45, 7) is 0.645. The van der Waals surface area contributed by atoms with Gasteiger partial charge in [-0.2, -0.15) is 4.31 Å². The van der Waals surface area contributed by atoms with Gasteiger partial charge in [-0.1, -0.05) is 24.3 Å². The summed E-state index contributed by atoms with van der Waals surface area (Å²) in [7, 11) is -3.53. The molecule has 5 rings (SSSR count). The smallest absolute Gasteiger partial charge is 0.339 e. The van der Waals surface area contributed by atoms with Crippen LogP contribution in [0.15, 0.2) is 59.5 Å².